The van der Waals surface area contributed by atoms with Crippen molar-refractivity contribution in [2.75, 3.05) is 22.3 Å². The fourth-order valence-corrected chi connectivity index (χ4v) is 3.11. The highest BCUT2D eigenvalue weighted by Crippen LogP contribution is 2.18. The number of rotatable bonds is 7. The Bertz CT molecular complexity index is 939. The summed E-state index contributed by atoms with van der Waals surface area (Å²) in [5.74, 6) is 5.69. The Balaban J connectivity index is 1.57. The van der Waals surface area contributed by atoms with Crippen LogP contribution in [0.2, 0.25) is 0 Å². The van der Waals surface area contributed by atoms with E-state index >= 15 is 0 Å². The van der Waals surface area contributed by atoms with Crippen LogP contribution in [0.5, 0.6) is 0 Å². The zero-order valence-corrected chi connectivity index (χ0v) is 15.7. The Labute approximate surface area is 161 Å². The monoisotopic (exact) mass is 406 g/mol. The first-order valence-corrected chi connectivity index (χ1v) is 9.48. The van der Waals surface area contributed by atoms with Gasteiger partial charge in [-0.2, -0.15) is 5.10 Å². The van der Waals surface area contributed by atoms with Crippen LogP contribution in [0.15, 0.2) is 46.1 Å². The van der Waals surface area contributed by atoms with Gasteiger partial charge in [0.05, 0.1) is 11.5 Å². The summed E-state index contributed by atoms with van der Waals surface area (Å²) < 4.78 is 14.2. The fraction of sp³-hybridized carbons (Fsp3) is 0.133. The van der Waals surface area contributed by atoms with Crippen molar-refractivity contribution in [1.82, 2.24) is 19.9 Å². The number of thioether (sulfide) groups is 1. The molecule has 1 aromatic carbocycles. The number of amides is 1. The van der Waals surface area contributed by atoms with E-state index in [2.05, 4.69) is 31.0 Å². The number of benzene rings is 1. The van der Waals surface area contributed by atoms with Crippen LogP contribution in [0.1, 0.15) is 12.5 Å². The van der Waals surface area contributed by atoms with E-state index < -0.39 is 0 Å². The van der Waals surface area contributed by atoms with E-state index in [0.29, 0.717) is 16.0 Å². The van der Waals surface area contributed by atoms with Crippen molar-refractivity contribution >= 4 is 45.8 Å². The second kappa shape index (κ2) is 8.60. The van der Waals surface area contributed by atoms with Gasteiger partial charge in [-0.15, -0.1) is 21.5 Å². The van der Waals surface area contributed by atoms with E-state index in [9.17, 15) is 9.18 Å². The number of nitrogens with one attached hydrogen (secondary N) is 2. The smallest absolute Gasteiger partial charge is 0.264 e. The molecule has 4 N–H and O–H groups in total. The quantitative estimate of drug-likeness (QED) is 0.238. The Morgan fingerprint density at radius 3 is 2.85 bits per heavy atom. The van der Waals surface area contributed by atoms with Gasteiger partial charge in [-0.25, -0.2) is 19.5 Å². The molecule has 0 fully saturated rings. The average Bonchev–Trinajstić information content (AvgIpc) is 3.28. The first-order chi connectivity index (χ1) is 13.0. The normalized spacial score (nSPS) is 11.4. The number of aromatic nitrogens is 4. The number of carbonyl (C=O) groups excluding carboxylic acids is 1. The van der Waals surface area contributed by atoms with Gasteiger partial charge in [-0.3, -0.25) is 4.79 Å². The van der Waals surface area contributed by atoms with Gasteiger partial charge in [-0.1, -0.05) is 23.9 Å². The largest absolute Gasteiger partial charge is 0.334 e. The second-order valence-electron chi connectivity index (χ2n) is 5.17. The topological polar surface area (TPSA) is 123 Å². The van der Waals surface area contributed by atoms with Crippen molar-refractivity contribution in [1.29, 1.82) is 0 Å². The number of thiazole rings is 1. The van der Waals surface area contributed by atoms with Crippen LogP contribution >= 0.6 is 23.1 Å². The fourth-order valence-electron chi connectivity index (χ4n) is 1.91. The number of carbonyl (C=O) groups is 1. The Hall–Kier alpha value is -2.99. The van der Waals surface area contributed by atoms with E-state index in [0.717, 1.165) is 17.3 Å². The maximum atomic E-state index is 13.0. The summed E-state index contributed by atoms with van der Waals surface area (Å²) in [4.78, 5) is 15.8. The van der Waals surface area contributed by atoms with Crippen LogP contribution in [0.4, 0.5) is 15.5 Å². The number of nitrogen functional groups attached to an aromatic ring is 1. The highest BCUT2D eigenvalue weighted by atomic mass is 32.2. The molecule has 2 heterocycles. The third-order valence-corrected chi connectivity index (χ3v) is 4.89. The van der Waals surface area contributed by atoms with E-state index in [1.165, 1.54) is 28.1 Å². The molecule has 0 saturated heterocycles. The van der Waals surface area contributed by atoms with Crippen LogP contribution in [0.3, 0.4) is 0 Å². The van der Waals surface area contributed by atoms with Crippen molar-refractivity contribution in [3.8, 4) is 0 Å². The maximum Gasteiger partial charge on any atom is 0.264 e. The van der Waals surface area contributed by atoms with Crippen LogP contribution < -0.4 is 16.6 Å². The molecule has 1 amide bonds. The first-order valence-electron chi connectivity index (χ1n) is 7.62. The molecule has 0 radical (unpaired) electrons. The summed E-state index contributed by atoms with van der Waals surface area (Å²) in [6.45, 7) is 1.76. The molecule has 27 heavy (non-hydrogen) atoms. The maximum absolute atomic E-state index is 13.0. The predicted molar refractivity (Wildman–Crippen MR) is 104 cm³/mol. The van der Waals surface area contributed by atoms with Crippen molar-refractivity contribution in [2.45, 2.75) is 12.1 Å². The summed E-state index contributed by atoms with van der Waals surface area (Å²) in [5.41, 5.74) is 4.08. The molecule has 0 unspecified atom stereocenters. The van der Waals surface area contributed by atoms with E-state index in [4.69, 9.17) is 5.84 Å². The molecular weight excluding hydrogens is 391 g/mol. The van der Waals surface area contributed by atoms with Gasteiger partial charge in [0.2, 0.25) is 11.1 Å². The molecule has 2 aromatic heterocycles. The van der Waals surface area contributed by atoms with Crippen LogP contribution in [-0.2, 0) is 4.79 Å². The molecule has 140 valence electrons. The SMILES string of the molecule is C/C(=N\Nc1nnc(SCC(=O)Nc2nccs2)n1N)c1ccc(F)cc1. The van der Waals surface area contributed by atoms with Gasteiger partial charge in [0.1, 0.15) is 5.82 Å². The number of hydrogen-bond donors (Lipinski definition) is 3. The summed E-state index contributed by atoms with van der Waals surface area (Å²) in [7, 11) is 0. The third kappa shape index (κ3) is 5.01. The highest BCUT2D eigenvalue weighted by Gasteiger charge is 2.12. The number of nitrogens with two attached hydrogens (primary N) is 1. The zero-order valence-electron chi connectivity index (χ0n) is 14.1. The number of nitrogens with zero attached hydrogens (tertiary/aromatic N) is 5. The molecular formula is C15H15FN8OS2. The molecule has 0 aliphatic rings. The highest BCUT2D eigenvalue weighted by molar-refractivity contribution is 7.99. The molecule has 0 saturated carbocycles. The lowest BCUT2D eigenvalue weighted by Gasteiger charge is -2.04. The van der Waals surface area contributed by atoms with Crippen LogP contribution in [0.25, 0.3) is 0 Å². The van der Waals surface area contributed by atoms with Crippen molar-refractivity contribution in [3.63, 3.8) is 0 Å². The minimum Gasteiger partial charge on any atom is -0.334 e. The molecule has 0 atom stereocenters. The summed E-state index contributed by atoms with van der Waals surface area (Å²) in [6, 6.07) is 5.94. The Morgan fingerprint density at radius 1 is 1.37 bits per heavy atom. The first kappa shape index (κ1) is 18.8. The molecule has 3 rings (SSSR count). The van der Waals surface area contributed by atoms with Crippen LogP contribution in [0, 0.1) is 5.82 Å². The minimum atomic E-state index is -0.318. The number of anilines is 2. The zero-order chi connectivity index (χ0) is 19.2. The molecule has 9 nitrogen and oxygen atoms in total. The van der Waals surface area contributed by atoms with Crippen molar-refractivity contribution in [2.24, 2.45) is 5.10 Å². The van der Waals surface area contributed by atoms with E-state index in [1.807, 2.05) is 0 Å². The molecule has 3 aromatic rings. The average molecular weight is 406 g/mol. The summed E-state index contributed by atoms with van der Waals surface area (Å²) in [6.07, 6.45) is 1.61. The number of halogens is 1. The molecule has 0 aliphatic heterocycles. The van der Waals surface area contributed by atoms with Gasteiger partial charge in [0.25, 0.3) is 5.95 Å². The van der Waals surface area contributed by atoms with Crippen molar-refractivity contribution in [3.05, 3.63) is 47.2 Å². The van der Waals surface area contributed by atoms with Gasteiger partial charge in [-0.05, 0) is 24.6 Å². The van der Waals surface area contributed by atoms with Gasteiger partial charge >= 0.3 is 0 Å². The molecule has 12 heteroatoms. The summed E-state index contributed by atoms with van der Waals surface area (Å²) in [5, 5.41) is 17.3. The standard InChI is InChI=1S/C15H15FN8OS2/c1-9(10-2-4-11(16)5-3-10)20-21-13-22-23-15(24(13)17)27-8-12(25)19-14-18-6-7-26-14/h2-7H,8,17H2,1H3,(H,21,22)(H,18,19,25)/b20-9+. The number of hydrazone groups is 1. The van der Waals surface area contributed by atoms with Crippen LogP contribution in [-0.4, -0.2) is 37.2 Å². The molecule has 0 aliphatic carbocycles. The van der Waals surface area contributed by atoms with E-state index in [-0.39, 0.29) is 23.4 Å². The van der Waals surface area contributed by atoms with Gasteiger partial charge in [0, 0.05) is 11.6 Å². The number of hydrogen-bond acceptors (Lipinski definition) is 9. The third-order valence-electron chi connectivity index (χ3n) is 3.26. The lowest BCUT2D eigenvalue weighted by Crippen LogP contribution is -2.17. The molecule has 0 spiro atoms. The Morgan fingerprint density at radius 2 is 2.15 bits per heavy atom. The van der Waals surface area contributed by atoms with Gasteiger partial charge < -0.3 is 11.2 Å². The lowest BCUT2D eigenvalue weighted by molar-refractivity contribution is -0.113. The van der Waals surface area contributed by atoms with Gasteiger partial charge in [0.15, 0.2) is 5.13 Å². The second-order valence-corrected chi connectivity index (χ2v) is 7.00. The predicted octanol–water partition coefficient (Wildman–Crippen LogP) is 2.15. The minimum absolute atomic E-state index is 0.104. The Kier molecular flexibility index (Phi) is 5.98. The molecule has 0 bridgehead atoms. The van der Waals surface area contributed by atoms with E-state index in [1.54, 1.807) is 30.6 Å². The summed E-state index contributed by atoms with van der Waals surface area (Å²) >= 11 is 2.46. The lowest BCUT2D eigenvalue weighted by atomic mass is 10.1. The van der Waals surface area contributed by atoms with Crippen molar-refractivity contribution < 1.29 is 9.18 Å².